The van der Waals surface area contributed by atoms with Crippen molar-refractivity contribution >= 4 is 0 Å². The molecule has 2 nitrogen and oxygen atoms in total. The first-order valence-corrected chi connectivity index (χ1v) is 10.6. The smallest absolute Gasteiger partial charge is 0.124 e. The molecule has 0 aliphatic carbocycles. The van der Waals surface area contributed by atoms with Crippen LogP contribution in [0.15, 0.2) is 36.4 Å². The van der Waals surface area contributed by atoms with Gasteiger partial charge in [0.2, 0.25) is 0 Å². The quantitative estimate of drug-likeness (QED) is 0.480. The molecular formula is C28H34O2. The van der Waals surface area contributed by atoms with Crippen LogP contribution in [-0.2, 0) is 5.41 Å². The molecule has 1 N–H and O–H groups in total. The van der Waals surface area contributed by atoms with E-state index < -0.39 is 0 Å². The molecule has 0 amide bonds. The van der Waals surface area contributed by atoms with E-state index in [0.29, 0.717) is 5.75 Å². The van der Waals surface area contributed by atoms with Crippen LogP contribution in [-0.4, -0.2) is 12.2 Å². The first kappa shape index (κ1) is 22.0. The van der Waals surface area contributed by atoms with E-state index in [1.807, 2.05) is 13.8 Å². The van der Waals surface area contributed by atoms with Gasteiger partial charge in [0.15, 0.2) is 0 Å². The van der Waals surface area contributed by atoms with Crippen molar-refractivity contribution in [2.24, 2.45) is 0 Å². The fourth-order valence-corrected chi connectivity index (χ4v) is 4.63. The van der Waals surface area contributed by atoms with Gasteiger partial charge in [-0.1, -0.05) is 36.4 Å². The Morgan fingerprint density at radius 1 is 0.600 bits per heavy atom. The predicted octanol–water partition coefficient (Wildman–Crippen LogP) is 6.91. The SMILES string of the molecule is COc1c(C)cc(C(C)(c2cc(C)c(C)c(C)c2)c2cc(C)c(O)c(C)c2)cc1C. The van der Waals surface area contributed by atoms with E-state index in [0.717, 1.165) is 28.0 Å². The number of aryl methyl sites for hydroxylation is 6. The molecule has 3 aromatic carbocycles. The topological polar surface area (TPSA) is 29.5 Å². The second kappa shape index (κ2) is 7.83. The van der Waals surface area contributed by atoms with Crippen LogP contribution in [0.3, 0.4) is 0 Å². The summed E-state index contributed by atoms with van der Waals surface area (Å²) >= 11 is 0. The van der Waals surface area contributed by atoms with E-state index in [2.05, 4.69) is 77.9 Å². The van der Waals surface area contributed by atoms with Crippen molar-refractivity contribution in [2.45, 2.75) is 60.8 Å². The van der Waals surface area contributed by atoms with Crippen LogP contribution < -0.4 is 4.74 Å². The summed E-state index contributed by atoms with van der Waals surface area (Å²) in [6.07, 6.45) is 0. The molecule has 158 valence electrons. The maximum atomic E-state index is 10.4. The zero-order chi connectivity index (χ0) is 22.4. The molecule has 1 atom stereocenters. The Labute approximate surface area is 181 Å². The molecule has 0 bridgehead atoms. The second-order valence-corrected chi connectivity index (χ2v) is 8.96. The van der Waals surface area contributed by atoms with Crippen LogP contribution in [0, 0.1) is 48.5 Å². The van der Waals surface area contributed by atoms with Gasteiger partial charge in [-0.2, -0.15) is 0 Å². The summed E-state index contributed by atoms with van der Waals surface area (Å²) in [7, 11) is 1.73. The van der Waals surface area contributed by atoms with E-state index in [1.165, 1.54) is 33.4 Å². The van der Waals surface area contributed by atoms with Gasteiger partial charge in [0.1, 0.15) is 11.5 Å². The normalized spacial score (nSPS) is 13.2. The molecule has 0 radical (unpaired) electrons. The van der Waals surface area contributed by atoms with Gasteiger partial charge in [-0.25, -0.2) is 0 Å². The Balaban J connectivity index is 2.41. The summed E-state index contributed by atoms with van der Waals surface area (Å²) in [5.41, 5.74) is 11.3. The molecule has 0 heterocycles. The third-order valence-corrected chi connectivity index (χ3v) is 6.81. The Bertz CT molecular complexity index is 995. The number of rotatable bonds is 4. The molecule has 1 unspecified atom stereocenters. The van der Waals surface area contributed by atoms with Crippen molar-refractivity contribution < 1.29 is 9.84 Å². The lowest BCUT2D eigenvalue weighted by Gasteiger charge is -2.34. The van der Waals surface area contributed by atoms with Crippen molar-refractivity contribution in [3.8, 4) is 11.5 Å². The van der Waals surface area contributed by atoms with Gasteiger partial charge in [-0.05, 0) is 111 Å². The van der Waals surface area contributed by atoms with Crippen LogP contribution in [0.2, 0.25) is 0 Å². The van der Waals surface area contributed by atoms with Gasteiger partial charge in [0, 0.05) is 5.41 Å². The number of hydrogen-bond donors (Lipinski definition) is 1. The number of phenols is 1. The zero-order valence-corrected chi connectivity index (χ0v) is 19.8. The van der Waals surface area contributed by atoms with Crippen molar-refractivity contribution in [2.75, 3.05) is 7.11 Å². The molecule has 0 aliphatic rings. The Kier molecular flexibility index (Phi) is 5.73. The zero-order valence-electron chi connectivity index (χ0n) is 19.8. The van der Waals surface area contributed by atoms with E-state index in [4.69, 9.17) is 4.74 Å². The van der Waals surface area contributed by atoms with Crippen LogP contribution in [0.5, 0.6) is 11.5 Å². The lowest BCUT2D eigenvalue weighted by atomic mass is 9.69. The largest absolute Gasteiger partial charge is 0.507 e. The van der Waals surface area contributed by atoms with Gasteiger partial charge in [-0.15, -0.1) is 0 Å². The number of hydrogen-bond acceptors (Lipinski definition) is 2. The molecule has 0 saturated carbocycles. The molecule has 3 aromatic rings. The first-order chi connectivity index (χ1) is 14.0. The van der Waals surface area contributed by atoms with Crippen LogP contribution in [0.1, 0.15) is 62.6 Å². The highest BCUT2D eigenvalue weighted by molar-refractivity contribution is 5.58. The van der Waals surface area contributed by atoms with Gasteiger partial charge < -0.3 is 9.84 Å². The molecule has 0 aromatic heterocycles. The van der Waals surface area contributed by atoms with Gasteiger partial charge in [-0.3, -0.25) is 0 Å². The summed E-state index contributed by atoms with van der Waals surface area (Å²) in [4.78, 5) is 0. The van der Waals surface area contributed by atoms with E-state index in [9.17, 15) is 5.11 Å². The Morgan fingerprint density at radius 3 is 1.30 bits per heavy atom. The maximum Gasteiger partial charge on any atom is 0.124 e. The fourth-order valence-electron chi connectivity index (χ4n) is 4.63. The predicted molar refractivity (Wildman–Crippen MR) is 126 cm³/mol. The maximum absolute atomic E-state index is 10.4. The monoisotopic (exact) mass is 402 g/mol. The molecule has 0 aliphatic heterocycles. The number of ether oxygens (including phenoxy) is 1. The average molecular weight is 403 g/mol. The van der Waals surface area contributed by atoms with Gasteiger partial charge in [0.05, 0.1) is 7.11 Å². The average Bonchev–Trinajstić information content (AvgIpc) is 2.68. The molecule has 2 heteroatoms. The van der Waals surface area contributed by atoms with Gasteiger partial charge in [0.25, 0.3) is 0 Å². The van der Waals surface area contributed by atoms with Crippen LogP contribution >= 0.6 is 0 Å². The summed E-state index contributed by atoms with van der Waals surface area (Å²) < 4.78 is 5.63. The van der Waals surface area contributed by atoms with Crippen LogP contribution in [0.25, 0.3) is 0 Å². The number of methoxy groups -OCH3 is 1. The summed E-state index contributed by atoms with van der Waals surface area (Å²) in [6, 6.07) is 13.4. The molecule has 30 heavy (non-hydrogen) atoms. The fraction of sp³-hybridized carbons (Fsp3) is 0.357. The highest BCUT2D eigenvalue weighted by Crippen LogP contribution is 2.44. The van der Waals surface area contributed by atoms with Crippen molar-refractivity contribution in [1.29, 1.82) is 0 Å². The summed E-state index contributed by atoms with van der Waals surface area (Å²) in [5.74, 6) is 1.31. The summed E-state index contributed by atoms with van der Waals surface area (Å²) in [5, 5.41) is 10.4. The molecule has 0 fully saturated rings. The van der Waals surface area contributed by atoms with Crippen LogP contribution in [0.4, 0.5) is 0 Å². The molecule has 0 saturated heterocycles. The minimum atomic E-state index is -0.367. The third-order valence-electron chi connectivity index (χ3n) is 6.81. The molecular weight excluding hydrogens is 368 g/mol. The second-order valence-electron chi connectivity index (χ2n) is 8.96. The highest BCUT2D eigenvalue weighted by atomic mass is 16.5. The minimum Gasteiger partial charge on any atom is -0.507 e. The van der Waals surface area contributed by atoms with Gasteiger partial charge >= 0.3 is 0 Å². The third kappa shape index (κ3) is 3.49. The van der Waals surface area contributed by atoms with Crippen molar-refractivity contribution in [3.05, 3.63) is 92.0 Å². The minimum absolute atomic E-state index is 0.367. The van der Waals surface area contributed by atoms with E-state index >= 15 is 0 Å². The lowest BCUT2D eigenvalue weighted by Crippen LogP contribution is -2.26. The standard InChI is InChI=1S/C28H34O2/c1-16-10-23(11-17(2)22(16)7)28(8,24-12-18(3)26(29)19(4)13-24)25-14-20(5)27(30-9)21(6)15-25/h10-15,29H,1-9H3. The van der Waals surface area contributed by atoms with E-state index in [-0.39, 0.29) is 5.41 Å². The molecule has 3 rings (SSSR count). The summed E-state index contributed by atoms with van der Waals surface area (Å²) in [6.45, 7) is 17.0. The van der Waals surface area contributed by atoms with Crippen molar-refractivity contribution in [1.82, 2.24) is 0 Å². The number of aromatic hydroxyl groups is 1. The lowest BCUT2D eigenvalue weighted by molar-refractivity contribution is 0.408. The Hall–Kier alpha value is -2.74. The van der Waals surface area contributed by atoms with Crippen molar-refractivity contribution in [3.63, 3.8) is 0 Å². The highest BCUT2D eigenvalue weighted by Gasteiger charge is 2.33. The van der Waals surface area contributed by atoms with E-state index in [1.54, 1.807) is 7.11 Å². The molecule has 0 spiro atoms. The Morgan fingerprint density at radius 2 is 0.933 bits per heavy atom. The number of benzene rings is 3. The first-order valence-electron chi connectivity index (χ1n) is 10.6. The number of phenolic OH excluding ortho intramolecular Hbond substituents is 1.